The summed E-state index contributed by atoms with van der Waals surface area (Å²) in [7, 11) is 0. The molecular weight excluding hydrogens is 324 g/mol. The minimum Gasteiger partial charge on any atom is -0.279 e. The molecule has 0 unspecified atom stereocenters. The van der Waals surface area contributed by atoms with Crippen LogP contribution in [0.25, 0.3) is 5.69 Å². The molecule has 7 heteroatoms. The predicted octanol–water partition coefficient (Wildman–Crippen LogP) is 3.52. The van der Waals surface area contributed by atoms with Crippen molar-refractivity contribution >= 4 is 23.5 Å². The summed E-state index contributed by atoms with van der Waals surface area (Å²) < 4.78 is 1.72. The van der Waals surface area contributed by atoms with Crippen LogP contribution in [0.2, 0.25) is 5.02 Å². The quantitative estimate of drug-likeness (QED) is 0.550. The number of rotatable bonds is 6. The number of aromatic nitrogens is 4. The van der Waals surface area contributed by atoms with Gasteiger partial charge in [-0.2, -0.15) is 9.78 Å². The SMILES string of the molecule is CCc1ccc(-n2nnnc2C/C=N/Nc2ccc(Cl)cc2)cc1. The Morgan fingerprint density at radius 3 is 2.58 bits per heavy atom. The molecule has 122 valence electrons. The third-order valence-corrected chi connectivity index (χ3v) is 3.78. The first-order chi connectivity index (χ1) is 11.8. The molecular formula is C17H17ClN6. The van der Waals surface area contributed by atoms with E-state index in [1.165, 1.54) is 5.56 Å². The van der Waals surface area contributed by atoms with E-state index in [0.717, 1.165) is 23.6 Å². The molecule has 0 fully saturated rings. The van der Waals surface area contributed by atoms with Crippen molar-refractivity contribution in [2.75, 3.05) is 5.43 Å². The molecule has 0 saturated heterocycles. The number of hydrogen-bond donors (Lipinski definition) is 1. The van der Waals surface area contributed by atoms with E-state index < -0.39 is 0 Å². The van der Waals surface area contributed by atoms with Crippen LogP contribution in [0.4, 0.5) is 5.69 Å². The van der Waals surface area contributed by atoms with Gasteiger partial charge in [0.1, 0.15) is 0 Å². The number of hydrazone groups is 1. The van der Waals surface area contributed by atoms with Gasteiger partial charge in [0.15, 0.2) is 5.82 Å². The highest BCUT2D eigenvalue weighted by atomic mass is 35.5. The fourth-order valence-electron chi connectivity index (χ4n) is 2.18. The van der Waals surface area contributed by atoms with Gasteiger partial charge in [-0.1, -0.05) is 30.7 Å². The normalized spacial score (nSPS) is 11.1. The third kappa shape index (κ3) is 3.97. The largest absolute Gasteiger partial charge is 0.279 e. The van der Waals surface area contributed by atoms with Gasteiger partial charge in [0.2, 0.25) is 0 Å². The summed E-state index contributed by atoms with van der Waals surface area (Å²) in [5.74, 6) is 0.723. The molecule has 24 heavy (non-hydrogen) atoms. The van der Waals surface area contributed by atoms with E-state index in [1.807, 2.05) is 24.3 Å². The van der Waals surface area contributed by atoms with Crippen molar-refractivity contribution in [3.63, 3.8) is 0 Å². The Labute approximate surface area is 145 Å². The molecule has 3 aromatic rings. The van der Waals surface area contributed by atoms with E-state index >= 15 is 0 Å². The Kier molecular flexibility index (Phi) is 5.18. The number of halogens is 1. The zero-order valence-electron chi connectivity index (χ0n) is 13.2. The minimum atomic E-state index is 0.517. The van der Waals surface area contributed by atoms with Gasteiger partial charge >= 0.3 is 0 Å². The van der Waals surface area contributed by atoms with Crippen LogP contribution < -0.4 is 5.43 Å². The lowest BCUT2D eigenvalue weighted by Gasteiger charge is -2.04. The molecule has 0 amide bonds. The average molecular weight is 341 g/mol. The van der Waals surface area contributed by atoms with E-state index in [4.69, 9.17) is 11.6 Å². The molecule has 2 aromatic carbocycles. The molecule has 0 spiro atoms. The standard InChI is InChI=1S/C17H17ClN6/c1-2-13-3-9-16(10-4-13)24-17(21-22-23-24)11-12-19-20-15-7-5-14(18)6-8-15/h3-10,12,20H,2,11H2,1H3/b19-12+. The maximum Gasteiger partial charge on any atom is 0.162 e. The molecule has 3 rings (SSSR count). The van der Waals surface area contributed by atoms with Crippen LogP contribution in [0.5, 0.6) is 0 Å². The fourth-order valence-corrected chi connectivity index (χ4v) is 2.30. The number of tetrazole rings is 1. The van der Waals surface area contributed by atoms with Crippen molar-refractivity contribution in [1.82, 2.24) is 20.2 Å². The lowest BCUT2D eigenvalue weighted by Crippen LogP contribution is -2.04. The van der Waals surface area contributed by atoms with Crippen LogP contribution in [0.1, 0.15) is 18.3 Å². The number of nitrogens with one attached hydrogen (secondary N) is 1. The van der Waals surface area contributed by atoms with Crippen molar-refractivity contribution in [3.8, 4) is 5.69 Å². The average Bonchev–Trinajstić information content (AvgIpc) is 3.09. The summed E-state index contributed by atoms with van der Waals surface area (Å²) in [6.07, 6.45) is 3.26. The van der Waals surface area contributed by atoms with E-state index in [-0.39, 0.29) is 0 Å². The summed E-state index contributed by atoms with van der Waals surface area (Å²) >= 11 is 5.84. The summed E-state index contributed by atoms with van der Waals surface area (Å²) in [6.45, 7) is 2.13. The molecule has 0 atom stereocenters. The Morgan fingerprint density at radius 1 is 1.12 bits per heavy atom. The summed E-state index contributed by atoms with van der Waals surface area (Å²) in [5.41, 5.74) is 6.02. The van der Waals surface area contributed by atoms with E-state index in [1.54, 1.807) is 23.0 Å². The summed E-state index contributed by atoms with van der Waals surface area (Å²) in [5, 5.41) is 16.7. The number of benzene rings is 2. The van der Waals surface area contributed by atoms with Crippen LogP contribution >= 0.6 is 11.6 Å². The van der Waals surface area contributed by atoms with Gasteiger partial charge in [0, 0.05) is 17.7 Å². The molecule has 0 aliphatic rings. The number of hydrogen-bond acceptors (Lipinski definition) is 5. The maximum absolute atomic E-state index is 5.84. The Morgan fingerprint density at radius 2 is 1.88 bits per heavy atom. The maximum atomic E-state index is 5.84. The van der Waals surface area contributed by atoms with Crippen molar-refractivity contribution in [1.29, 1.82) is 0 Å². The highest BCUT2D eigenvalue weighted by Crippen LogP contribution is 2.13. The smallest absolute Gasteiger partial charge is 0.162 e. The number of aryl methyl sites for hydroxylation is 1. The second kappa shape index (κ2) is 7.70. The predicted molar refractivity (Wildman–Crippen MR) is 95.8 cm³/mol. The van der Waals surface area contributed by atoms with E-state index in [2.05, 4.69) is 45.1 Å². The van der Waals surface area contributed by atoms with Crippen LogP contribution in [-0.2, 0) is 12.8 Å². The third-order valence-electron chi connectivity index (χ3n) is 3.53. The monoisotopic (exact) mass is 340 g/mol. The molecule has 0 aliphatic carbocycles. The lowest BCUT2D eigenvalue weighted by molar-refractivity contribution is 0.775. The highest BCUT2D eigenvalue weighted by molar-refractivity contribution is 6.30. The molecule has 1 aromatic heterocycles. The summed E-state index contributed by atoms with van der Waals surface area (Å²) in [4.78, 5) is 0. The Hall–Kier alpha value is -2.73. The van der Waals surface area contributed by atoms with Gasteiger partial charge in [0.25, 0.3) is 0 Å². The van der Waals surface area contributed by atoms with Gasteiger partial charge in [-0.25, -0.2) is 0 Å². The van der Waals surface area contributed by atoms with Crippen LogP contribution in [0.3, 0.4) is 0 Å². The molecule has 0 bridgehead atoms. The van der Waals surface area contributed by atoms with E-state index in [0.29, 0.717) is 11.4 Å². The van der Waals surface area contributed by atoms with E-state index in [9.17, 15) is 0 Å². The van der Waals surface area contributed by atoms with Gasteiger partial charge in [-0.05, 0) is 58.8 Å². The number of nitrogens with zero attached hydrogens (tertiary/aromatic N) is 5. The summed E-state index contributed by atoms with van der Waals surface area (Å²) in [6, 6.07) is 15.5. The van der Waals surface area contributed by atoms with Crippen molar-refractivity contribution in [2.24, 2.45) is 5.10 Å². The second-order valence-corrected chi connectivity index (χ2v) is 5.60. The van der Waals surface area contributed by atoms with Crippen molar-refractivity contribution in [2.45, 2.75) is 19.8 Å². The molecule has 0 saturated carbocycles. The van der Waals surface area contributed by atoms with Gasteiger partial charge in [-0.3, -0.25) is 5.43 Å². The first kappa shape index (κ1) is 16.1. The number of anilines is 1. The molecule has 1 N–H and O–H groups in total. The van der Waals surface area contributed by atoms with Crippen LogP contribution in [0, 0.1) is 0 Å². The van der Waals surface area contributed by atoms with Crippen molar-refractivity contribution in [3.05, 3.63) is 64.9 Å². The molecule has 0 aliphatic heterocycles. The fraction of sp³-hybridized carbons (Fsp3) is 0.176. The van der Waals surface area contributed by atoms with Crippen LogP contribution in [-0.4, -0.2) is 26.4 Å². The molecule has 6 nitrogen and oxygen atoms in total. The van der Waals surface area contributed by atoms with Gasteiger partial charge in [-0.15, -0.1) is 5.10 Å². The van der Waals surface area contributed by atoms with Gasteiger partial charge in [0.05, 0.1) is 11.4 Å². The highest BCUT2D eigenvalue weighted by Gasteiger charge is 2.06. The Bertz CT molecular complexity index is 808. The minimum absolute atomic E-state index is 0.517. The van der Waals surface area contributed by atoms with Crippen LogP contribution in [0.15, 0.2) is 53.6 Å². The molecule has 1 heterocycles. The van der Waals surface area contributed by atoms with Crippen molar-refractivity contribution < 1.29 is 0 Å². The topological polar surface area (TPSA) is 68.0 Å². The first-order valence-electron chi connectivity index (χ1n) is 7.66. The van der Waals surface area contributed by atoms with Gasteiger partial charge < -0.3 is 0 Å². The lowest BCUT2D eigenvalue weighted by atomic mass is 10.1. The first-order valence-corrected chi connectivity index (χ1v) is 8.03. The molecule has 0 radical (unpaired) electrons. The zero-order chi connectivity index (χ0) is 16.8. The Balaban J connectivity index is 1.64. The second-order valence-electron chi connectivity index (χ2n) is 5.16. The zero-order valence-corrected chi connectivity index (χ0v) is 14.0.